The normalized spacial score (nSPS) is 12.0. The second kappa shape index (κ2) is 7.45. The fraction of sp³-hybridized carbons (Fsp3) is 0.188. The maximum absolute atomic E-state index is 13.0. The molecule has 1 amide bonds. The Morgan fingerprint density at radius 3 is 2.27 bits per heavy atom. The van der Waals surface area contributed by atoms with Crippen LogP contribution in [0.3, 0.4) is 0 Å². The number of nitrogens with one attached hydrogen (secondary N) is 2. The van der Waals surface area contributed by atoms with E-state index in [1.807, 2.05) is 0 Å². The molecule has 2 aromatic carbocycles. The summed E-state index contributed by atoms with van der Waals surface area (Å²) >= 11 is 5.54. The van der Waals surface area contributed by atoms with E-state index in [4.69, 9.17) is 11.6 Å². The average molecular weight is 397 g/mol. The molecule has 140 valence electrons. The molecule has 0 saturated heterocycles. The van der Waals surface area contributed by atoms with Gasteiger partial charge in [0, 0.05) is 10.7 Å². The lowest BCUT2D eigenvalue weighted by Crippen LogP contribution is -2.23. The van der Waals surface area contributed by atoms with Crippen molar-refractivity contribution in [3.05, 3.63) is 58.6 Å². The van der Waals surface area contributed by atoms with E-state index in [0.717, 1.165) is 24.3 Å². The molecule has 0 saturated carbocycles. The van der Waals surface area contributed by atoms with Crippen LogP contribution in [0.1, 0.15) is 11.1 Å². The summed E-state index contributed by atoms with van der Waals surface area (Å²) in [5.74, 6) is -0.866. The number of hydrogen-bond donors (Lipinski definition) is 2. The summed E-state index contributed by atoms with van der Waals surface area (Å²) < 4.78 is 76.7. The first-order chi connectivity index (χ1) is 12.0. The minimum Gasteiger partial charge on any atom is -0.376 e. The van der Waals surface area contributed by atoms with Gasteiger partial charge in [-0.05, 0) is 36.4 Å². The lowest BCUT2D eigenvalue weighted by atomic mass is 10.1. The van der Waals surface area contributed by atoms with Gasteiger partial charge in [0.2, 0.25) is 5.91 Å². The van der Waals surface area contributed by atoms with E-state index in [1.54, 1.807) is 0 Å². The largest absolute Gasteiger partial charge is 0.418 e. The van der Waals surface area contributed by atoms with Crippen LogP contribution >= 0.6 is 11.6 Å². The highest BCUT2D eigenvalue weighted by Gasteiger charge is 2.34. The zero-order chi connectivity index (χ0) is 19.5. The molecule has 0 aliphatic carbocycles. The molecule has 0 atom stereocenters. The summed E-state index contributed by atoms with van der Waals surface area (Å²) in [6.07, 6.45) is -9.28. The van der Waals surface area contributed by atoms with Crippen molar-refractivity contribution in [3.63, 3.8) is 0 Å². The highest BCUT2D eigenvalue weighted by Crippen LogP contribution is 2.36. The molecule has 26 heavy (non-hydrogen) atoms. The molecule has 0 fully saturated rings. The molecule has 3 nitrogen and oxygen atoms in total. The molecule has 0 spiro atoms. The Balaban J connectivity index is 2.07. The zero-order valence-corrected chi connectivity index (χ0v) is 13.6. The van der Waals surface area contributed by atoms with Gasteiger partial charge in [0.15, 0.2) is 0 Å². The van der Waals surface area contributed by atoms with Gasteiger partial charge >= 0.3 is 12.4 Å². The third-order valence-electron chi connectivity index (χ3n) is 3.20. The van der Waals surface area contributed by atoms with Crippen molar-refractivity contribution >= 4 is 28.9 Å². The van der Waals surface area contributed by atoms with E-state index in [0.29, 0.717) is 6.07 Å². The van der Waals surface area contributed by atoms with Crippen molar-refractivity contribution in [2.75, 3.05) is 17.2 Å². The summed E-state index contributed by atoms with van der Waals surface area (Å²) in [6.45, 7) is -0.527. The van der Waals surface area contributed by atoms with E-state index in [9.17, 15) is 31.1 Å². The van der Waals surface area contributed by atoms with Crippen LogP contribution in [-0.4, -0.2) is 12.5 Å². The minimum atomic E-state index is -4.73. The number of anilines is 2. The first kappa shape index (κ1) is 19.9. The van der Waals surface area contributed by atoms with Crippen molar-refractivity contribution in [2.45, 2.75) is 12.4 Å². The van der Waals surface area contributed by atoms with Gasteiger partial charge in [-0.15, -0.1) is 0 Å². The maximum Gasteiger partial charge on any atom is 0.418 e. The highest BCUT2D eigenvalue weighted by atomic mass is 35.5. The Morgan fingerprint density at radius 2 is 1.65 bits per heavy atom. The molecular weight excluding hydrogens is 386 g/mol. The third-order valence-corrected chi connectivity index (χ3v) is 3.44. The topological polar surface area (TPSA) is 41.1 Å². The van der Waals surface area contributed by atoms with Crippen LogP contribution in [0.15, 0.2) is 42.5 Å². The summed E-state index contributed by atoms with van der Waals surface area (Å²) in [5, 5.41) is 4.33. The number of carbonyl (C=O) groups is 1. The predicted molar refractivity (Wildman–Crippen MR) is 85.0 cm³/mol. The Kier molecular flexibility index (Phi) is 5.70. The van der Waals surface area contributed by atoms with Gasteiger partial charge in [-0.25, -0.2) is 0 Å². The number of rotatable bonds is 4. The average Bonchev–Trinajstić information content (AvgIpc) is 2.53. The number of carbonyl (C=O) groups excluding carboxylic acids is 1. The first-order valence-electron chi connectivity index (χ1n) is 7.04. The SMILES string of the molecule is O=C(CNc1cccc(C(F)(F)F)c1)Nc1ccc(Cl)cc1C(F)(F)F. The summed E-state index contributed by atoms with van der Waals surface area (Å²) in [5.41, 5.74) is -2.54. The summed E-state index contributed by atoms with van der Waals surface area (Å²) in [6, 6.07) is 6.92. The number of halogens is 7. The monoisotopic (exact) mass is 396 g/mol. The van der Waals surface area contributed by atoms with E-state index < -0.39 is 41.6 Å². The number of hydrogen-bond acceptors (Lipinski definition) is 2. The van der Waals surface area contributed by atoms with Gasteiger partial charge < -0.3 is 10.6 Å². The van der Waals surface area contributed by atoms with Gasteiger partial charge in [0.25, 0.3) is 0 Å². The van der Waals surface area contributed by atoms with Crippen LogP contribution < -0.4 is 10.6 Å². The van der Waals surface area contributed by atoms with Crippen molar-refractivity contribution in [1.82, 2.24) is 0 Å². The molecule has 0 heterocycles. The van der Waals surface area contributed by atoms with Crippen molar-refractivity contribution in [1.29, 1.82) is 0 Å². The van der Waals surface area contributed by atoms with E-state index in [1.165, 1.54) is 12.1 Å². The maximum atomic E-state index is 13.0. The van der Waals surface area contributed by atoms with Gasteiger partial charge in [-0.3, -0.25) is 4.79 Å². The molecule has 0 aliphatic rings. The quantitative estimate of drug-likeness (QED) is 0.677. The number of amides is 1. The van der Waals surface area contributed by atoms with Crippen LogP contribution in [0.2, 0.25) is 5.02 Å². The smallest absolute Gasteiger partial charge is 0.376 e. The number of benzene rings is 2. The third kappa shape index (κ3) is 5.29. The second-order valence-electron chi connectivity index (χ2n) is 5.17. The molecule has 2 N–H and O–H groups in total. The first-order valence-corrected chi connectivity index (χ1v) is 7.42. The molecule has 0 radical (unpaired) electrons. The van der Waals surface area contributed by atoms with Gasteiger partial charge in [-0.1, -0.05) is 17.7 Å². The lowest BCUT2D eigenvalue weighted by Gasteiger charge is -2.15. The van der Waals surface area contributed by atoms with Crippen LogP contribution in [0.4, 0.5) is 37.7 Å². The summed E-state index contributed by atoms with van der Waals surface area (Å²) in [4.78, 5) is 11.8. The van der Waals surface area contributed by atoms with Crippen LogP contribution in [0.5, 0.6) is 0 Å². The fourth-order valence-electron chi connectivity index (χ4n) is 2.04. The second-order valence-corrected chi connectivity index (χ2v) is 5.60. The number of alkyl halides is 6. The van der Waals surface area contributed by atoms with Crippen molar-refractivity contribution < 1.29 is 31.1 Å². The molecule has 0 unspecified atom stereocenters. The predicted octanol–water partition coefficient (Wildman–Crippen LogP) is 5.43. The molecular formula is C16H11ClF6N2O. The Hall–Kier alpha value is -2.42. The molecule has 10 heteroatoms. The highest BCUT2D eigenvalue weighted by molar-refractivity contribution is 6.30. The van der Waals surface area contributed by atoms with E-state index in [-0.39, 0.29) is 10.7 Å². The van der Waals surface area contributed by atoms with Crippen LogP contribution in [0.25, 0.3) is 0 Å². The van der Waals surface area contributed by atoms with E-state index in [2.05, 4.69) is 10.6 Å². The molecule has 0 aliphatic heterocycles. The zero-order valence-electron chi connectivity index (χ0n) is 12.8. The van der Waals surface area contributed by atoms with Crippen LogP contribution in [0, 0.1) is 0 Å². The summed E-state index contributed by atoms with van der Waals surface area (Å²) in [7, 11) is 0. The van der Waals surface area contributed by atoms with E-state index >= 15 is 0 Å². The lowest BCUT2D eigenvalue weighted by molar-refractivity contribution is -0.138. The molecule has 2 aromatic rings. The van der Waals surface area contributed by atoms with Crippen LogP contribution in [-0.2, 0) is 17.1 Å². The minimum absolute atomic E-state index is 0.00197. The molecule has 0 bridgehead atoms. The van der Waals surface area contributed by atoms with Gasteiger partial charge in [0.1, 0.15) is 0 Å². The van der Waals surface area contributed by atoms with Crippen molar-refractivity contribution in [3.8, 4) is 0 Å². The Labute approximate surface area is 149 Å². The van der Waals surface area contributed by atoms with Gasteiger partial charge in [0.05, 0.1) is 23.4 Å². The van der Waals surface area contributed by atoms with Gasteiger partial charge in [-0.2, -0.15) is 26.3 Å². The fourth-order valence-corrected chi connectivity index (χ4v) is 2.21. The Morgan fingerprint density at radius 1 is 0.962 bits per heavy atom. The molecule has 0 aromatic heterocycles. The molecule has 2 rings (SSSR count). The van der Waals surface area contributed by atoms with Crippen molar-refractivity contribution in [2.24, 2.45) is 0 Å². The Bertz CT molecular complexity index is 804. The standard InChI is InChI=1S/C16H11ClF6N2O/c17-10-4-5-13(12(7-10)16(21,22)23)25-14(26)8-24-11-3-1-2-9(6-11)15(18,19)20/h1-7,24H,8H2,(H,25,26).